The molecule has 180 valence electrons. The van der Waals surface area contributed by atoms with Gasteiger partial charge in [-0.25, -0.2) is 0 Å². The second-order valence-electron chi connectivity index (χ2n) is 8.31. The van der Waals surface area contributed by atoms with Crippen molar-refractivity contribution >= 4 is 28.6 Å². The third-order valence-corrected chi connectivity index (χ3v) is 6.00. The molecule has 2 atom stereocenters. The SMILES string of the molecule is C=CC(=O)N1CC(COc2nc(Nc3cnn(C)c3)nc3[nH]cc(-c4ccccn4)c23)C(OC)C1. The standard InChI is InChI=1S/C24H26N8O3/c1-4-20(33)32-11-15(19(13-32)34-3)14-35-23-21-17(18-7-5-6-8-25-18)10-26-22(21)29-24(30-23)28-16-9-27-31(2)12-16/h4-10,12,15,19H,1,11,13-14H2,2-3H3,(H2,26,28,29,30). The fourth-order valence-corrected chi connectivity index (χ4v) is 4.26. The predicted molar refractivity (Wildman–Crippen MR) is 130 cm³/mol. The molecule has 2 unspecified atom stereocenters. The first-order valence-electron chi connectivity index (χ1n) is 11.2. The van der Waals surface area contributed by atoms with Gasteiger partial charge in [-0.2, -0.15) is 15.1 Å². The lowest BCUT2D eigenvalue weighted by atomic mass is 10.1. The minimum Gasteiger partial charge on any atom is -0.477 e. The number of aromatic amines is 1. The molecule has 2 N–H and O–H groups in total. The highest BCUT2D eigenvalue weighted by Gasteiger charge is 2.35. The summed E-state index contributed by atoms with van der Waals surface area (Å²) in [6.45, 7) is 4.90. The van der Waals surface area contributed by atoms with E-state index in [1.165, 1.54) is 6.08 Å². The van der Waals surface area contributed by atoms with Crippen molar-refractivity contribution in [3.63, 3.8) is 0 Å². The number of methoxy groups -OCH3 is 1. The number of fused-ring (bicyclic) bond motifs is 1. The van der Waals surface area contributed by atoms with E-state index >= 15 is 0 Å². The minimum absolute atomic E-state index is 0.0270. The molecule has 4 aromatic heterocycles. The number of pyridine rings is 1. The van der Waals surface area contributed by atoms with Crippen molar-refractivity contribution in [2.45, 2.75) is 6.10 Å². The molecule has 0 aliphatic carbocycles. The van der Waals surface area contributed by atoms with Crippen LogP contribution in [0.25, 0.3) is 22.3 Å². The largest absolute Gasteiger partial charge is 0.477 e. The van der Waals surface area contributed by atoms with Gasteiger partial charge in [-0.3, -0.25) is 14.5 Å². The molecule has 1 aliphatic heterocycles. The topological polar surface area (TPSA) is 123 Å². The number of nitrogens with zero attached hydrogens (tertiary/aromatic N) is 6. The van der Waals surface area contributed by atoms with Crippen LogP contribution in [0.1, 0.15) is 0 Å². The maximum absolute atomic E-state index is 12.1. The average molecular weight is 475 g/mol. The van der Waals surface area contributed by atoms with E-state index in [9.17, 15) is 4.79 Å². The second-order valence-corrected chi connectivity index (χ2v) is 8.31. The van der Waals surface area contributed by atoms with Crippen LogP contribution >= 0.6 is 0 Å². The van der Waals surface area contributed by atoms with E-state index in [0.717, 1.165) is 22.3 Å². The summed E-state index contributed by atoms with van der Waals surface area (Å²) in [6.07, 6.45) is 8.27. The number of aryl methyl sites for hydroxylation is 1. The van der Waals surface area contributed by atoms with Crippen molar-refractivity contribution in [2.24, 2.45) is 13.0 Å². The van der Waals surface area contributed by atoms with Crippen molar-refractivity contribution in [1.29, 1.82) is 0 Å². The Bertz CT molecular complexity index is 1350. The van der Waals surface area contributed by atoms with Gasteiger partial charge in [0.05, 0.1) is 35.7 Å². The van der Waals surface area contributed by atoms with Crippen LogP contribution in [0.15, 0.2) is 55.6 Å². The number of rotatable bonds is 8. The molecule has 11 heteroatoms. The fourth-order valence-electron chi connectivity index (χ4n) is 4.26. The van der Waals surface area contributed by atoms with Crippen LogP contribution in [0, 0.1) is 5.92 Å². The third kappa shape index (κ3) is 4.58. The molecular formula is C24H26N8O3. The van der Waals surface area contributed by atoms with E-state index in [2.05, 4.69) is 36.9 Å². The van der Waals surface area contributed by atoms with E-state index in [0.29, 0.717) is 37.2 Å². The van der Waals surface area contributed by atoms with Gasteiger partial charge in [0.2, 0.25) is 17.7 Å². The number of aromatic nitrogens is 6. The Balaban J connectivity index is 1.48. The van der Waals surface area contributed by atoms with Gasteiger partial charge in [-0.05, 0) is 18.2 Å². The Kier molecular flexibility index (Phi) is 6.15. The van der Waals surface area contributed by atoms with Crippen LogP contribution in [0.4, 0.5) is 11.6 Å². The Labute approximate surface area is 201 Å². The number of anilines is 2. The number of carbonyl (C=O) groups is 1. The summed E-state index contributed by atoms with van der Waals surface area (Å²) < 4.78 is 13.6. The summed E-state index contributed by atoms with van der Waals surface area (Å²) in [4.78, 5) is 30.8. The number of nitrogens with one attached hydrogen (secondary N) is 2. The lowest BCUT2D eigenvalue weighted by molar-refractivity contribution is -0.125. The molecule has 0 spiro atoms. The van der Waals surface area contributed by atoms with Crippen molar-refractivity contribution < 1.29 is 14.3 Å². The van der Waals surface area contributed by atoms with Crippen LogP contribution in [-0.4, -0.2) is 73.4 Å². The van der Waals surface area contributed by atoms with E-state index < -0.39 is 0 Å². The smallest absolute Gasteiger partial charge is 0.246 e. The van der Waals surface area contributed by atoms with E-state index in [1.54, 1.807) is 29.1 Å². The van der Waals surface area contributed by atoms with Gasteiger partial charge in [0.15, 0.2) is 0 Å². The normalized spacial score (nSPS) is 17.6. The average Bonchev–Trinajstić information content (AvgIpc) is 3.60. The molecule has 4 aromatic rings. The van der Waals surface area contributed by atoms with Crippen molar-refractivity contribution in [3.8, 4) is 17.1 Å². The van der Waals surface area contributed by atoms with E-state index in [4.69, 9.17) is 9.47 Å². The van der Waals surface area contributed by atoms with E-state index in [-0.39, 0.29) is 17.9 Å². The molecule has 1 amide bonds. The summed E-state index contributed by atoms with van der Waals surface area (Å²) >= 11 is 0. The molecular weight excluding hydrogens is 448 g/mol. The molecule has 5 heterocycles. The maximum Gasteiger partial charge on any atom is 0.246 e. The van der Waals surface area contributed by atoms with Crippen LogP contribution in [-0.2, 0) is 16.6 Å². The third-order valence-electron chi connectivity index (χ3n) is 6.00. The number of likely N-dealkylation sites (tertiary alicyclic amines) is 1. The molecule has 5 rings (SSSR count). The first kappa shape index (κ1) is 22.5. The summed E-state index contributed by atoms with van der Waals surface area (Å²) in [6, 6.07) is 5.71. The molecule has 1 fully saturated rings. The second kappa shape index (κ2) is 9.55. The van der Waals surface area contributed by atoms with Gasteiger partial charge in [-0.15, -0.1) is 0 Å². The molecule has 1 saturated heterocycles. The Hall–Kier alpha value is -4.25. The molecule has 0 aromatic carbocycles. The summed E-state index contributed by atoms with van der Waals surface area (Å²) in [5.74, 6) is 0.630. The van der Waals surface area contributed by atoms with Gasteiger partial charge in [0.25, 0.3) is 0 Å². The van der Waals surface area contributed by atoms with Crippen LogP contribution < -0.4 is 10.1 Å². The summed E-state index contributed by atoms with van der Waals surface area (Å²) in [5, 5.41) is 8.08. The molecule has 0 saturated carbocycles. The number of carbonyl (C=O) groups excluding carboxylic acids is 1. The molecule has 0 radical (unpaired) electrons. The van der Waals surface area contributed by atoms with Gasteiger partial charge < -0.3 is 24.7 Å². The van der Waals surface area contributed by atoms with Gasteiger partial charge >= 0.3 is 0 Å². The zero-order valence-corrected chi connectivity index (χ0v) is 19.5. The molecule has 1 aliphatic rings. The van der Waals surface area contributed by atoms with Gasteiger partial charge in [0, 0.05) is 57.3 Å². The Morgan fingerprint density at radius 1 is 1.34 bits per heavy atom. The van der Waals surface area contributed by atoms with E-state index in [1.807, 2.05) is 37.6 Å². The first-order chi connectivity index (χ1) is 17.1. The number of hydrogen-bond acceptors (Lipinski definition) is 8. The van der Waals surface area contributed by atoms with Crippen LogP contribution in [0.3, 0.4) is 0 Å². The Morgan fingerprint density at radius 3 is 2.94 bits per heavy atom. The number of hydrogen-bond donors (Lipinski definition) is 2. The fraction of sp³-hybridized carbons (Fsp3) is 0.292. The van der Waals surface area contributed by atoms with Crippen molar-refractivity contribution in [3.05, 3.63) is 55.6 Å². The lowest BCUT2D eigenvalue weighted by Gasteiger charge is -2.17. The van der Waals surface area contributed by atoms with Gasteiger partial charge in [-0.1, -0.05) is 12.6 Å². The Morgan fingerprint density at radius 2 is 2.23 bits per heavy atom. The number of H-pyrrole nitrogens is 1. The molecule has 0 bridgehead atoms. The van der Waals surface area contributed by atoms with Crippen molar-refractivity contribution in [2.75, 3.05) is 32.1 Å². The predicted octanol–water partition coefficient (Wildman–Crippen LogP) is 2.54. The van der Waals surface area contributed by atoms with Gasteiger partial charge in [0.1, 0.15) is 5.65 Å². The summed E-state index contributed by atoms with van der Waals surface area (Å²) in [5.41, 5.74) is 2.98. The van der Waals surface area contributed by atoms with Crippen LogP contribution in [0.5, 0.6) is 5.88 Å². The molecule has 35 heavy (non-hydrogen) atoms. The highest BCUT2D eigenvalue weighted by molar-refractivity contribution is 5.97. The minimum atomic E-state index is -0.147. The number of ether oxygens (including phenoxy) is 2. The quantitative estimate of drug-likeness (QED) is 0.374. The highest BCUT2D eigenvalue weighted by atomic mass is 16.5. The lowest BCUT2D eigenvalue weighted by Crippen LogP contribution is -2.28. The van der Waals surface area contributed by atoms with Crippen molar-refractivity contribution in [1.82, 2.24) is 34.6 Å². The highest BCUT2D eigenvalue weighted by Crippen LogP contribution is 2.34. The monoisotopic (exact) mass is 474 g/mol. The zero-order valence-electron chi connectivity index (χ0n) is 19.5. The van der Waals surface area contributed by atoms with Crippen LogP contribution in [0.2, 0.25) is 0 Å². The number of amides is 1. The first-order valence-corrected chi connectivity index (χ1v) is 11.2. The molecule has 11 nitrogen and oxygen atoms in total. The maximum atomic E-state index is 12.1. The summed E-state index contributed by atoms with van der Waals surface area (Å²) in [7, 11) is 3.48. The zero-order chi connectivity index (χ0) is 24.4.